The van der Waals surface area contributed by atoms with E-state index >= 15 is 0 Å². The van der Waals surface area contributed by atoms with Crippen molar-refractivity contribution in [3.05, 3.63) is 69.5 Å². The molecule has 0 bridgehead atoms. The van der Waals surface area contributed by atoms with Crippen LogP contribution >= 0.6 is 35.0 Å². The van der Waals surface area contributed by atoms with Gasteiger partial charge >= 0.3 is 0 Å². The molecule has 0 unspecified atom stereocenters. The second-order valence-electron chi connectivity index (χ2n) is 6.65. The van der Waals surface area contributed by atoms with Crippen LogP contribution in [0.2, 0.25) is 10.0 Å². The van der Waals surface area contributed by atoms with Crippen molar-refractivity contribution in [1.82, 2.24) is 20.1 Å². The molecule has 0 aliphatic carbocycles. The van der Waals surface area contributed by atoms with Gasteiger partial charge in [0.05, 0.1) is 20.8 Å². The Kier molecular flexibility index (Phi) is 8.44. The number of carbonyl (C=O) groups excluding carboxylic acids is 1. The van der Waals surface area contributed by atoms with Gasteiger partial charge < -0.3 is 19.4 Å². The number of rotatable bonds is 9. The summed E-state index contributed by atoms with van der Waals surface area (Å²) >= 11 is 13.7. The third kappa shape index (κ3) is 6.18. The van der Waals surface area contributed by atoms with Gasteiger partial charge in [-0.25, -0.2) is 0 Å². The van der Waals surface area contributed by atoms with E-state index in [2.05, 4.69) is 15.5 Å². The fourth-order valence-corrected chi connectivity index (χ4v) is 4.25. The van der Waals surface area contributed by atoms with Crippen LogP contribution in [0, 0.1) is 0 Å². The maximum Gasteiger partial charge on any atom is 0.244 e. The Morgan fingerprint density at radius 1 is 1.12 bits per heavy atom. The van der Waals surface area contributed by atoms with Crippen LogP contribution < -0.4 is 14.8 Å². The predicted molar refractivity (Wildman–Crippen MR) is 127 cm³/mol. The van der Waals surface area contributed by atoms with E-state index in [-0.39, 0.29) is 12.5 Å². The van der Waals surface area contributed by atoms with Gasteiger partial charge in [0, 0.05) is 28.9 Å². The fraction of sp³-hybridized carbons (Fsp3) is 0.227. The van der Waals surface area contributed by atoms with E-state index < -0.39 is 0 Å². The number of hydrogen-bond donors (Lipinski definition) is 1. The Morgan fingerprint density at radius 2 is 1.91 bits per heavy atom. The first-order valence-electron chi connectivity index (χ1n) is 9.54. The zero-order chi connectivity index (χ0) is 23.1. The van der Waals surface area contributed by atoms with Crippen molar-refractivity contribution in [3.8, 4) is 11.5 Å². The number of hydrogen-bond acceptors (Lipinski definition) is 6. The second kappa shape index (κ2) is 11.3. The smallest absolute Gasteiger partial charge is 0.244 e. The molecule has 2 aromatic carbocycles. The lowest BCUT2D eigenvalue weighted by atomic mass is 10.2. The standard InChI is InChI=1S/C22H22Cl2N4O3S/c1-28-20(26-27-22(28)32-13-15-6-7-16(23)11-17(15)24)12-25-21(29)9-5-14-4-8-18(30-2)19(10-14)31-3/h4-11H,12-13H2,1-3H3,(H,25,29)/b9-5+. The molecule has 1 aromatic heterocycles. The molecule has 10 heteroatoms. The van der Waals surface area contributed by atoms with E-state index in [0.29, 0.717) is 33.1 Å². The Hall–Kier alpha value is -2.68. The van der Waals surface area contributed by atoms with Gasteiger partial charge in [-0.05, 0) is 41.5 Å². The van der Waals surface area contributed by atoms with E-state index in [1.54, 1.807) is 44.6 Å². The number of aromatic nitrogens is 3. The highest BCUT2D eigenvalue weighted by atomic mass is 35.5. The Balaban J connectivity index is 1.55. The Labute approximate surface area is 200 Å². The van der Waals surface area contributed by atoms with Gasteiger partial charge in [-0.2, -0.15) is 0 Å². The van der Waals surface area contributed by atoms with Crippen LogP contribution in [-0.4, -0.2) is 34.9 Å². The Morgan fingerprint density at radius 3 is 2.62 bits per heavy atom. The van der Waals surface area contributed by atoms with Gasteiger partial charge in [-0.15, -0.1) is 10.2 Å². The molecule has 3 rings (SSSR count). The largest absolute Gasteiger partial charge is 0.493 e. The van der Waals surface area contributed by atoms with E-state index in [1.807, 2.05) is 23.7 Å². The topological polar surface area (TPSA) is 78.3 Å². The molecule has 3 aromatic rings. The summed E-state index contributed by atoms with van der Waals surface area (Å²) in [5, 5.41) is 13.1. The van der Waals surface area contributed by atoms with Crippen LogP contribution in [0.1, 0.15) is 17.0 Å². The van der Waals surface area contributed by atoms with Gasteiger partial charge in [0.2, 0.25) is 5.91 Å². The molecular weight excluding hydrogens is 471 g/mol. The highest BCUT2D eigenvalue weighted by Gasteiger charge is 2.11. The van der Waals surface area contributed by atoms with Crippen LogP contribution in [0.15, 0.2) is 47.6 Å². The molecule has 0 aliphatic heterocycles. The quantitative estimate of drug-likeness (QED) is 0.342. The van der Waals surface area contributed by atoms with Crippen molar-refractivity contribution in [2.75, 3.05) is 14.2 Å². The molecule has 0 atom stereocenters. The second-order valence-corrected chi connectivity index (χ2v) is 8.43. The third-order valence-electron chi connectivity index (χ3n) is 4.55. The molecule has 32 heavy (non-hydrogen) atoms. The summed E-state index contributed by atoms with van der Waals surface area (Å²) in [5.41, 5.74) is 1.77. The molecule has 1 N–H and O–H groups in total. The van der Waals surface area contributed by atoms with Crippen molar-refractivity contribution < 1.29 is 14.3 Å². The third-order valence-corrected chi connectivity index (χ3v) is 6.21. The first kappa shape index (κ1) is 24.0. The molecule has 1 heterocycles. The van der Waals surface area contributed by atoms with E-state index in [0.717, 1.165) is 16.3 Å². The summed E-state index contributed by atoms with van der Waals surface area (Å²) in [7, 11) is 4.99. The summed E-state index contributed by atoms with van der Waals surface area (Å²) in [6.07, 6.45) is 3.15. The lowest BCUT2D eigenvalue weighted by Crippen LogP contribution is -2.22. The summed E-state index contributed by atoms with van der Waals surface area (Å²) in [4.78, 5) is 12.2. The number of benzene rings is 2. The number of nitrogens with zero attached hydrogens (tertiary/aromatic N) is 3. The molecule has 1 amide bonds. The Bertz CT molecular complexity index is 1130. The van der Waals surface area contributed by atoms with Crippen molar-refractivity contribution in [2.45, 2.75) is 17.5 Å². The number of halogens is 2. The zero-order valence-electron chi connectivity index (χ0n) is 17.8. The number of nitrogens with one attached hydrogen (secondary N) is 1. The van der Waals surface area contributed by atoms with Crippen molar-refractivity contribution in [1.29, 1.82) is 0 Å². The molecular formula is C22H22Cl2N4O3S. The summed E-state index contributed by atoms with van der Waals surface area (Å²) in [5.74, 6) is 2.25. The molecule has 7 nitrogen and oxygen atoms in total. The van der Waals surface area contributed by atoms with E-state index in [1.165, 1.54) is 17.8 Å². The molecule has 0 saturated heterocycles. The van der Waals surface area contributed by atoms with Crippen LogP contribution in [0.25, 0.3) is 6.08 Å². The maximum absolute atomic E-state index is 12.2. The fourth-order valence-electron chi connectivity index (χ4n) is 2.76. The number of amides is 1. The lowest BCUT2D eigenvalue weighted by molar-refractivity contribution is -0.116. The van der Waals surface area contributed by atoms with E-state index in [9.17, 15) is 4.79 Å². The maximum atomic E-state index is 12.2. The molecule has 0 aliphatic rings. The first-order valence-corrected chi connectivity index (χ1v) is 11.3. The van der Waals surface area contributed by atoms with Crippen molar-refractivity contribution in [3.63, 3.8) is 0 Å². The summed E-state index contributed by atoms with van der Waals surface area (Å²) < 4.78 is 12.3. The van der Waals surface area contributed by atoms with Gasteiger partial charge in [-0.1, -0.05) is 47.1 Å². The highest BCUT2D eigenvalue weighted by molar-refractivity contribution is 7.98. The summed E-state index contributed by atoms with van der Waals surface area (Å²) in [6, 6.07) is 10.8. The molecule has 0 saturated carbocycles. The number of thioether (sulfide) groups is 1. The van der Waals surface area contributed by atoms with Gasteiger partial charge in [0.25, 0.3) is 0 Å². The van der Waals surface area contributed by atoms with E-state index in [4.69, 9.17) is 32.7 Å². The number of methoxy groups -OCH3 is 2. The van der Waals surface area contributed by atoms with Crippen LogP contribution in [0.3, 0.4) is 0 Å². The average Bonchev–Trinajstić information content (AvgIpc) is 3.14. The molecule has 168 valence electrons. The van der Waals surface area contributed by atoms with Crippen molar-refractivity contribution >= 4 is 46.9 Å². The minimum absolute atomic E-state index is 0.245. The minimum Gasteiger partial charge on any atom is -0.493 e. The van der Waals surface area contributed by atoms with Crippen molar-refractivity contribution in [2.24, 2.45) is 7.05 Å². The molecule has 0 radical (unpaired) electrons. The number of ether oxygens (including phenoxy) is 2. The van der Waals surface area contributed by atoms with Gasteiger partial charge in [0.15, 0.2) is 22.5 Å². The SMILES string of the molecule is COc1ccc(/C=C/C(=O)NCc2nnc(SCc3ccc(Cl)cc3Cl)n2C)cc1OC. The zero-order valence-corrected chi connectivity index (χ0v) is 20.1. The predicted octanol–water partition coefficient (Wildman–Crippen LogP) is 4.76. The average molecular weight is 493 g/mol. The van der Waals surface area contributed by atoms with Crippen LogP contribution in [-0.2, 0) is 24.1 Å². The minimum atomic E-state index is -0.245. The molecule has 0 spiro atoms. The lowest BCUT2D eigenvalue weighted by Gasteiger charge is -2.07. The normalized spacial score (nSPS) is 11.0. The number of carbonyl (C=O) groups is 1. The van der Waals surface area contributed by atoms with Gasteiger partial charge in [-0.3, -0.25) is 4.79 Å². The van der Waals surface area contributed by atoms with Gasteiger partial charge in [0.1, 0.15) is 0 Å². The van der Waals surface area contributed by atoms with Crippen LogP contribution in [0.5, 0.6) is 11.5 Å². The monoisotopic (exact) mass is 492 g/mol. The molecule has 0 fully saturated rings. The highest BCUT2D eigenvalue weighted by Crippen LogP contribution is 2.29. The first-order chi connectivity index (χ1) is 15.4. The summed E-state index contributed by atoms with van der Waals surface area (Å²) in [6.45, 7) is 0.251. The van der Waals surface area contributed by atoms with Crippen LogP contribution in [0.4, 0.5) is 0 Å².